The molecule has 10 heteroatoms. The minimum absolute atomic E-state index is 0. The molecule has 2 aromatic heterocycles. The number of hydrogen-bond donors (Lipinski definition) is 2. The predicted octanol–water partition coefficient (Wildman–Crippen LogP) is 2.81. The Bertz CT molecular complexity index is 677. The van der Waals surface area contributed by atoms with Crippen LogP contribution in [-0.2, 0) is 13.1 Å². The summed E-state index contributed by atoms with van der Waals surface area (Å²) < 4.78 is 43.7. The first-order chi connectivity index (χ1) is 12.0. The van der Waals surface area contributed by atoms with Gasteiger partial charge < -0.3 is 19.9 Å². The molecule has 2 N–H and O–H groups in total. The van der Waals surface area contributed by atoms with Crippen molar-refractivity contribution in [1.29, 1.82) is 0 Å². The molecular weight excluding hydrogens is 462 g/mol. The second-order valence-corrected chi connectivity index (χ2v) is 5.14. The largest absolute Gasteiger partial charge is 0.468 e. The highest BCUT2D eigenvalue weighted by atomic mass is 127. The normalized spacial score (nSPS) is 11.6. The zero-order chi connectivity index (χ0) is 18.1. The number of aromatic nitrogens is 2. The monoisotopic (exact) mass is 483 g/mol. The van der Waals surface area contributed by atoms with Crippen LogP contribution in [0.3, 0.4) is 0 Å². The van der Waals surface area contributed by atoms with Gasteiger partial charge in [-0.1, -0.05) is 6.07 Å². The minimum atomic E-state index is -4.40. The molecule has 2 rings (SSSR count). The Morgan fingerprint density at radius 3 is 2.62 bits per heavy atom. The molecule has 0 aliphatic rings. The molecule has 26 heavy (non-hydrogen) atoms. The second-order valence-electron chi connectivity index (χ2n) is 5.14. The summed E-state index contributed by atoms with van der Waals surface area (Å²) in [6.45, 7) is 0.282. The first-order valence-corrected chi connectivity index (χ1v) is 7.66. The molecule has 0 radical (unpaired) electrons. The standard InChI is InChI=1S/C16H20F3N5O.HI/c1-20-15(22-7-10-24-8-2-3-9-24)23-11-13-5-4-6-21-14(13)25-12-16(17,18)19;/h2-6,8-9H,7,10-12H2,1H3,(H2,20,22,23);1H. The van der Waals surface area contributed by atoms with Crippen molar-refractivity contribution in [3.05, 3.63) is 48.4 Å². The molecule has 2 heterocycles. The molecule has 0 aliphatic carbocycles. The first-order valence-electron chi connectivity index (χ1n) is 7.66. The molecule has 0 saturated carbocycles. The van der Waals surface area contributed by atoms with E-state index in [2.05, 4.69) is 20.6 Å². The van der Waals surface area contributed by atoms with Gasteiger partial charge in [-0.05, 0) is 18.2 Å². The Hall–Kier alpha value is -1.98. The molecule has 0 fully saturated rings. The van der Waals surface area contributed by atoms with E-state index < -0.39 is 12.8 Å². The van der Waals surface area contributed by atoms with Crippen molar-refractivity contribution < 1.29 is 17.9 Å². The third kappa shape index (κ3) is 7.93. The van der Waals surface area contributed by atoms with Gasteiger partial charge >= 0.3 is 6.18 Å². The summed E-state index contributed by atoms with van der Waals surface area (Å²) in [6, 6.07) is 7.18. The summed E-state index contributed by atoms with van der Waals surface area (Å²) in [5, 5.41) is 6.16. The van der Waals surface area contributed by atoms with Crippen molar-refractivity contribution in [3.8, 4) is 5.88 Å². The first kappa shape index (κ1) is 22.1. The summed E-state index contributed by atoms with van der Waals surface area (Å²) in [6.07, 6.45) is 0.896. The Balaban J connectivity index is 0.00000338. The zero-order valence-corrected chi connectivity index (χ0v) is 16.5. The summed E-state index contributed by atoms with van der Waals surface area (Å²) >= 11 is 0. The Labute approximate surface area is 166 Å². The lowest BCUT2D eigenvalue weighted by atomic mass is 10.2. The van der Waals surface area contributed by atoms with E-state index in [1.165, 1.54) is 6.20 Å². The van der Waals surface area contributed by atoms with E-state index in [9.17, 15) is 13.2 Å². The van der Waals surface area contributed by atoms with Crippen molar-refractivity contribution in [2.75, 3.05) is 20.2 Å². The fourth-order valence-electron chi connectivity index (χ4n) is 2.06. The SMILES string of the molecule is CN=C(NCCn1cccc1)NCc1cccnc1OCC(F)(F)F.I. The third-order valence-corrected chi connectivity index (χ3v) is 3.22. The minimum Gasteiger partial charge on any atom is -0.468 e. The van der Waals surface area contributed by atoms with Gasteiger partial charge in [0.15, 0.2) is 12.6 Å². The molecule has 0 spiro atoms. The van der Waals surface area contributed by atoms with E-state index in [0.717, 1.165) is 6.54 Å². The summed E-state index contributed by atoms with van der Waals surface area (Å²) in [5.74, 6) is 0.493. The van der Waals surface area contributed by atoms with Crippen molar-refractivity contribution in [1.82, 2.24) is 20.2 Å². The smallest absolute Gasteiger partial charge is 0.422 e. The van der Waals surface area contributed by atoms with Crippen molar-refractivity contribution >= 4 is 29.9 Å². The maximum absolute atomic E-state index is 12.3. The van der Waals surface area contributed by atoms with Crippen LogP contribution < -0.4 is 15.4 Å². The lowest BCUT2D eigenvalue weighted by Gasteiger charge is -2.15. The highest BCUT2D eigenvalue weighted by molar-refractivity contribution is 14.0. The number of alkyl halides is 3. The predicted molar refractivity (Wildman–Crippen MR) is 104 cm³/mol. The molecule has 0 amide bonds. The lowest BCUT2D eigenvalue weighted by molar-refractivity contribution is -0.154. The number of aliphatic imine (C=N–C) groups is 1. The highest BCUT2D eigenvalue weighted by Gasteiger charge is 2.29. The highest BCUT2D eigenvalue weighted by Crippen LogP contribution is 2.19. The number of halogens is 4. The van der Waals surface area contributed by atoms with Gasteiger partial charge in [-0.2, -0.15) is 13.2 Å². The van der Waals surface area contributed by atoms with Crippen LogP contribution in [-0.4, -0.2) is 41.9 Å². The molecular formula is C16H21F3IN5O. The molecule has 6 nitrogen and oxygen atoms in total. The fraction of sp³-hybridized carbons (Fsp3) is 0.375. The third-order valence-electron chi connectivity index (χ3n) is 3.22. The van der Waals surface area contributed by atoms with E-state index in [1.54, 1.807) is 19.2 Å². The average Bonchev–Trinajstić information content (AvgIpc) is 3.09. The van der Waals surface area contributed by atoms with Crippen LogP contribution in [0.1, 0.15) is 5.56 Å². The van der Waals surface area contributed by atoms with Crippen LogP contribution in [0.2, 0.25) is 0 Å². The summed E-state index contributed by atoms with van der Waals surface area (Å²) in [7, 11) is 1.62. The summed E-state index contributed by atoms with van der Waals surface area (Å²) in [4.78, 5) is 7.94. The van der Waals surface area contributed by atoms with Gasteiger partial charge in [-0.15, -0.1) is 24.0 Å². The fourth-order valence-corrected chi connectivity index (χ4v) is 2.06. The van der Waals surface area contributed by atoms with E-state index >= 15 is 0 Å². The van der Waals surface area contributed by atoms with E-state index in [0.29, 0.717) is 18.1 Å². The topological polar surface area (TPSA) is 63.5 Å². The Kier molecular flexibility index (Phi) is 9.24. The van der Waals surface area contributed by atoms with Crippen LogP contribution in [0.25, 0.3) is 0 Å². The number of nitrogens with zero attached hydrogens (tertiary/aromatic N) is 3. The van der Waals surface area contributed by atoms with Gasteiger partial charge in [-0.3, -0.25) is 4.99 Å². The Morgan fingerprint density at radius 2 is 1.96 bits per heavy atom. The molecule has 2 aromatic rings. The number of guanidine groups is 1. The number of rotatable bonds is 7. The van der Waals surface area contributed by atoms with Crippen LogP contribution in [0, 0.1) is 0 Å². The van der Waals surface area contributed by atoms with Gasteiger partial charge in [0.2, 0.25) is 5.88 Å². The van der Waals surface area contributed by atoms with Crippen LogP contribution in [0.15, 0.2) is 47.8 Å². The molecule has 0 atom stereocenters. The van der Waals surface area contributed by atoms with Crippen LogP contribution in [0.4, 0.5) is 13.2 Å². The number of pyridine rings is 1. The van der Waals surface area contributed by atoms with E-state index in [4.69, 9.17) is 4.74 Å². The van der Waals surface area contributed by atoms with Crippen molar-refractivity contribution in [2.24, 2.45) is 4.99 Å². The Morgan fingerprint density at radius 1 is 1.23 bits per heavy atom. The van der Waals surface area contributed by atoms with Crippen molar-refractivity contribution in [2.45, 2.75) is 19.3 Å². The van der Waals surface area contributed by atoms with E-state index in [-0.39, 0.29) is 36.4 Å². The quantitative estimate of drug-likeness (QED) is 0.362. The average molecular weight is 483 g/mol. The lowest BCUT2D eigenvalue weighted by Crippen LogP contribution is -2.38. The van der Waals surface area contributed by atoms with Gasteiger partial charge in [0.25, 0.3) is 0 Å². The van der Waals surface area contributed by atoms with Crippen LogP contribution in [0.5, 0.6) is 5.88 Å². The number of ether oxygens (including phenoxy) is 1. The van der Waals surface area contributed by atoms with Crippen LogP contribution >= 0.6 is 24.0 Å². The number of nitrogens with one attached hydrogen (secondary N) is 2. The van der Waals surface area contributed by atoms with Gasteiger partial charge in [0.05, 0.1) is 0 Å². The summed E-state index contributed by atoms with van der Waals surface area (Å²) in [5.41, 5.74) is 0.514. The molecule has 144 valence electrons. The maximum atomic E-state index is 12.3. The second kappa shape index (κ2) is 10.9. The zero-order valence-electron chi connectivity index (χ0n) is 14.2. The number of hydrogen-bond acceptors (Lipinski definition) is 3. The maximum Gasteiger partial charge on any atom is 0.422 e. The molecule has 0 saturated heterocycles. The molecule has 0 aliphatic heterocycles. The van der Waals surface area contributed by atoms with E-state index in [1.807, 2.05) is 29.1 Å². The van der Waals surface area contributed by atoms with Gasteiger partial charge in [0, 0.05) is 50.8 Å². The molecule has 0 unspecified atom stereocenters. The molecule has 0 aromatic carbocycles. The van der Waals surface area contributed by atoms with Gasteiger partial charge in [0.1, 0.15) is 0 Å². The van der Waals surface area contributed by atoms with Crippen molar-refractivity contribution in [3.63, 3.8) is 0 Å². The van der Waals surface area contributed by atoms with Gasteiger partial charge in [-0.25, -0.2) is 4.98 Å². The molecule has 0 bridgehead atoms.